The predicted octanol–water partition coefficient (Wildman–Crippen LogP) is 3.20. The van der Waals surface area contributed by atoms with Crippen molar-refractivity contribution >= 4 is 23.4 Å². The van der Waals surface area contributed by atoms with Crippen molar-refractivity contribution in [1.82, 2.24) is 5.32 Å². The summed E-state index contributed by atoms with van der Waals surface area (Å²) in [7, 11) is 0. The molecule has 0 unspecified atom stereocenters. The summed E-state index contributed by atoms with van der Waals surface area (Å²) >= 11 is 1.83. The number of carbonyl (C=O) groups is 1. The minimum Gasteiger partial charge on any atom is -0.398 e. The third-order valence-corrected chi connectivity index (χ3v) is 5.45. The molecule has 20 heavy (non-hydrogen) atoms. The molecule has 0 aromatic heterocycles. The third kappa shape index (κ3) is 3.45. The van der Waals surface area contributed by atoms with E-state index in [-0.39, 0.29) is 16.3 Å². The molecule has 1 aromatic carbocycles. The minimum absolute atomic E-state index is 0.142. The first-order valence-electron chi connectivity index (χ1n) is 6.95. The lowest BCUT2D eigenvalue weighted by Gasteiger charge is -2.35. The molecule has 0 spiro atoms. The van der Waals surface area contributed by atoms with E-state index >= 15 is 0 Å². The van der Waals surface area contributed by atoms with Crippen LogP contribution in [0.1, 0.15) is 42.5 Å². The summed E-state index contributed by atoms with van der Waals surface area (Å²) in [6.45, 7) is 0.643. The van der Waals surface area contributed by atoms with Gasteiger partial charge in [-0.05, 0) is 37.3 Å². The molecule has 5 heteroatoms. The number of nitrogen functional groups attached to an aromatic ring is 1. The van der Waals surface area contributed by atoms with Gasteiger partial charge < -0.3 is 11.1 Å². The summed E-state index contributed by atoms with van der Waals surface area (Å²) in [6.07, 6.45) is 8.08. The lowest BCUT2D eigenvalue weighted by molar-refractivity contribution is 0.0948. The highest BCUT2D eigenvalue weighted by Gasteiger charge is 2.31. The van der Waals surface area contributed by atoms with Gasteiger partial charge in [-0.2, -0.15) is 11.8 Å². The molecule has 1 amide bonds. The standard InChI is InChI=1S/C15H21FN2OS/c1-20-15(7-3-2-4-8-15)10-18-14(19)12-6-5-11(16)9-13(12)17/h5-6,9H,2-4,7-8,10,17H2,1H3,(H,18,19). The monoisotopic (exact) mass is 296 g/mol. The fraction of sp³-hybridized carbons (Fsp3) is 0.533. The van der Waals surface area contributed by atoms with Gasteiger partial charge in [0.25, 0.3) is 5.91 Å². The number of benzene rings is 1. The van der Waals surface area contributed by atoms with Crippen LogP contribution >= 0.6 is 11.8 Å². The molecular weight excluding hydrogens is 275 g/mol. The normalized spacial score (nSPS) is 17.7. The molecule has 0 heterocycles. The van der Waals surface area contributed by atoms with Gasteiger partial charge in [-0.25, -0.2) is 4.39 Å². The highest BCUT2D eigenvalue weighted by atomic mass is 32.2. The van der Waals surface area contributed by atoms with Gasteiger partial charge >= 0.3 is 0 Å². The maximum atomic E-state index is 13.0. The zero-order chi connectivity index (χ0) is 14.6. The highest BCUT2D eigenvalue weighted by Crippen LogP contribution is 2.38. The van der Waals surface area contributed by atoms with Crippen LogP contribution in [-0.4, -0.2) is 23.5 Å². The summed E-state index contributed by atoms with van der Waals surface area (Å²) in [5, 5.41) is 2.96. The Kier molecular flexibility index (Phi) is 4.91. The number of rotatable bonds is 4. The van der Waals surface area contributed by atoms with Crippen LogP contribution in [0.5, 0.6) is 0 Å². The Hall–Kier alpha value is -1.23. The molecule has 110 valence electrons. The summed E-state index contributed by atoms with van der Waals surface area (Å²) in [4.78, 5) is 12.2. The van der Waals surface area contributed by atoms with E-state index in [4.69, 9.17) is 5.73 Å². The number of nitrogens with two attached hydrogens (primary N) is 1. The zero-order valence-electron chi connectivity index (χ0n) is 11.7. The van der Waals surface area contributed by atoms with Gasteiger partial charge in [0.2, 0.25) is 0 Å². The van der Waals surface area contributed by atoms with Crippen molar-refractivity contribution in [1.29, 1.82) is 0 Å². The second-order valence-electron chi connectivity index (χ2n) is 5.36. The molecule has 2 rings (SSSR count). The Morgan fingerprint density at radius 3 is 2.70 bits per heavy atom. The number of nitrogens with one attached hydrogen (secondary N) is 1. The summed E-state index contributed by atoms with van der Waals surface area (Å²) in [5.74, 6) is -0.645. The van der Waals surface area contributed by atoms with Gasteiger partial charge in [0, 0.05) is 17.0 Å². The van der Waals surface area contributed by atoms with Crippen LogP contribution in [-0.2, 0) is 0 Å². The van der Waals surface area contributed by atoms with E-state index in [1.165, 1.54) is 37.5 Å². The van der Waals surface area contributed by atoms with E-state index in [1.807, 2.05) is 11.8 Å². The molecule has 1 aliphatic carbocycles. The molecular formula is C15H21FN2OS. The maximum Gasteiger partial charge on any atom is 0.253 e. The smallest absolute Gasteiger partial charge is 0.253 e. The quantitative estimate of drug-likeness (QED) is 0.839. The number of halogens is 1. The minimum atomic E-state index is -0.424. The Morgan fingerprint density at radius 1 is 1.40 bits per heavy atom. The number of carbonyl (C=O) groups excluding carboxylic acids is 1. The van der Waals surface area contributed by atoms with Crippen molar-refractivity contribution in [2.75, 3.05) is 18.5 Å². The Bertz CT molecular complexity index is 487. The predicted molar refractivity (Wildman–Crippen MR) is 82.5 cm³/mol. The number of hydrogen-bond acceptors (Lipinski definition) is 3. The van der Waals surface area contributed by atoms with Crippen molar-refractivity contribution in [3.8, 4) is 0 Å². The van der Waals surface area contributed by atoms with E-state index in [2.05, 4.69) is 11.6 Å². The number of thioether (sulfide) groups is 1. The van der Waals surface area contributed by atoms with Gasteiger partial charge in [-0.1, -0.05) is 19.3 Å². The molecule has 1 fully saturated rings. The molecule has 1 aliphatic rings. The van der Waals surface area contributed by atoms with Gasteiger partial charge in [0.05, 0.1) is 5.56 Å². The number of amides is 1. The van der Waals surface area contributed by atoms with Crippen LogP contribution in [0.25, 0.3) is 0 Å². The van der Waals surface area contributed by atoms with E-state index in [1.54, 1.807) is 0 Å². The first kappa shape index (κ1) is 15.2. The van der Waals surface area contributed by atoms with Crippen LogP contribution in [0, 0.1) is 5.82 Å². The first-order chi connectivity index (χ1) is 9.56. The van der Waals surface area contributed by atoms with Gasteiger partial charge in [-0.3, -0.25) is 4.79 Å². The van der Waals surface area contributed by atoms with Gasteiger partial charge in [0.15, 0.2) is 0 Å². The van der Waals surface area contributed by atoms with Crippen LogP contribution in [0.3, 0.4) is 0 Å². The lowest BCUT2D eigenvalue weighted by Crippen LogP contribution is -2.41. The second-order valence-corrected chi connectivity index (χ2v) is 6.64. The van der Waals surface area contributed by atoms with Crippen molar-refractivity contribution in [3.05, 3.63) is 29.6 Å². The van der Waals surface area contributed by atoms with Crippen LogP contribution in [0.2, 0.25) is 0 Å². The van der Waals surface area contributed by atoms with Crippen molar-refractivity contribution in [2.24, 2.45) is 0 Å². The molecule has 3 nitrogen and oxygen atoms in total. The average Bonchev–Trinajstić information content (AvgIpc) is 2.46. The molecule has 3 N–H and O–H groups in total. The van der Waals surface area contributed by atoms with E-state index in [0.717, 1.165) is 12.8 Å². The van der Waals surface area contributed by atoms with Gasteiger partial charge in [-0.15, -0.1) is 0 Å². The van der Waals surface area contributed by atoms with E-state index in [0.29, 0.717) is 12.1 Å². The zero-order valence-corrected chi connectivity index (χ0v) is 12.6. The average molecular weight is 296 g/mol. The highest BCUT2D eigenvalue weighted by molar-refractivity contribution is 8.00. The second kappa shape index (κ2) is 6.48. The van der Waals surface area contributed by atoms with Crippen molar-refractivity contribution in [2.45, 2.75) is 36.9 Å². The van der Waals surface area contributed by atoms with E-state index < -0.39 is 5.82 Å². The third-order valence-electron chi connectivity index (χ3n) is 4.03. The lowest BCUT2D eigenvalue weighted by atomic mass is 9.88. The fourth-order valence-corrected chi connectivity index (χ4v) is 3.64. The summed E-state index contributed by atoms with van der Waals surface area (Å²) in [5.41, 5.74) is 6.22. The SMILES string of the molecule is CSC1(CNC(=O)c2ccc(F)cc2N)CCCCC1. The van der Waals surface area contributed by atoms with Crippen molar-refractivity contribution in [3.63, 3.8) is 0 Å². The molecule has 0 saturated heterocycles. The Morgan fingerprint density at radius 2 is 2.10 bits per heavy atom. The number of anilines is 1. The van der Waals surface area contributed by atoms with Crippen LogP contribution < -0.4 is 11.1 Å². The molecule has 0 atom stereocenters. The van der Waals surface area contributed by atoms with Crippen molar-refractivity contribution < 1.29 is 9.18 Å². The van der Waals surface area contributed by atoms with E-state index in [9.17, 15) is 9.18 Å². The van der Waals surface area contributed by atoms with Gasteiger partial charge in [0.1, 0.15) is 5.82 Å². The van der Waals surface area contributed by atoms with Crippen LogP contribution in [0.4, 0.5) is 10.1 Å². The maximum absolute atomic E-state index is 13.0. The molecule has 0 aliphatic heterocycles. The Labute approximate surface area is 123 Å². The largest absolute Gasteiger partial charge is 0.398 e. The first-order valence-corrected chi connectivity index (χ1v) is 8.17. The summed E-state index contributed by atoms with van der Waals surface area (Å²) in [6, 6.07) is 3.88. The summed E-state index contributed by atoms with van der Waals surface area (Å²) < 4.78 is 13.1. The molecule has 1 aromatic rings. The number of hydrogen-bond donors (Lipinski definition) is 2. The molecule has 1 saturated carbocycles. The Balaban J connectivity index is 2.00. The molecule has 0 radical (unpaired) electrons. The topological polar surface area (TPSA) is 55.1 Å². The van der Waals surface area contributed by atoms with Crippen LogP contribution in [0.15, 0.2) is 18.2 Å². The molecule has 0 bridgehead atoms. The fourth-order valence-electron chi connectivity index (χ4n) is 2.73.